The van der Waals surface area contributed by atoms with Crippen molar-refractivity contribution in [3.05, 3.63) is 10.6 Å². The van der Waals surface area contributed by atoms with Gasteiger partial charge in [-0.15, -0.1) is 11.3 Å². The average Bonchev–Trinajstić information content (AvgIpc) is 2.92. The van der Waals surface area contributed by atoms with Crippen LogP contribution in [0.1, 0.15) is 50.6 Å². The van der Waals surface area contributed by atoms with E-state index < -0.39 is 11.9 Å². The van der Waals surface area contributed by atoms with E-state index in [-0.39, 0.29) is 0 Å². The van der Waals surface area contributed by atoms with Crippen LogP contribution in [-0.2, 0) is 11.2 Å². The van der Waals surface area contributed by atoms with Gasteiger partial charge in [0.25, 0.3) is 0 Å². The highest BCUT2D eigenvalue weighted by molar-refractivity contribution is 7.15. The fourth-order valence-corrected chi connectivity index (χ4v) is 4.01. The Bertz CT molecular complexity index is 491. The summed E-state index contributed by atoms with van der Waals surface area (Å²) in [5.74, 6) is -1.16. The summed E-state index contributed by atoms with van der Waals surface area (Å²) in [6.07, 6.45) is 1.54. The molecule has 0 saturated carbocycles. The summed E-state index contributed by atoms with van der Waals surface area (Å²) < 4.78 is 0. The van der Waals surface area contributed by atoms with E-state index in [2.05, 4.69) is 42.9 Å². The number of rotatable bonds is 7. The van der Waals surface area contributed by atoms with E-state index >= 15 is 0 Å². The summed E-state index contributed by atoms with van der Waals surface area (Å²) in [5.41, 5.74) is 0.777. The van der Waals surface area contributed by atoms with Gasteiger partial charge >= 0.3 is 5.97 Å². The summed E-state index contributed by atoms with van der Waals surface area (Å²) in [7, 11) is 0. The molecule has 1 atom stereocenters. The maximum Gasteiger partial charge on any atom is 0.312 e. The van der Waals surface area contributed by atoms with Crippen LogP contribution in [0.4, 0.5) is 5.13 Å². The SMILES string of the molecule is CC(C)N(CCNc1nc2c(s1)CCC2C(=O)O)C(C)C. The van der Waals surface area contributed by atoms with Gasteiger partial charge < -0.3 is 10.4 Å². The van der Waals surface area contributed by atoms with Crippen LogP contribution in [0.5, 0.6) is 0 Å². The molecule has 0 aliphatic heterocycles. The molecule has 2 rings (SSSR count). The number of aliphatic carboxylic acids is 1. The van der Waals surface area contributed by atoms with E-state index in [4.69, 9.17) is 0 Å². The van der Waals surface area contributed by atoms with Crippen LogP contribution >= 0.6 is 11.3 Å². The molecular weight excluding hydrogens is 286 g/mol. The quantitative estimate of drug-likeness (QED) is 0.810. The normalized spacial score (nSPS) is 17.8. The van der Waals surface area contributed by atoms with Gasteiger partial charge in [0.15, 0.2) is 5.13 Å². The van der Waals surface area contributed by atoms with Crippen LogP contribution in [0, 0.1) is 0 Å². The van der Waals surface area contributed by atoms with Gasteiger partial charge in [0.2, 0.25) is 0 Å². The minimum Gasteiger partial charge on any atom is -0.481 e. The molecule has 0 fully saturated rings. The largest absolute Gasteiger partial charge is 0.481 e. The summed E-state index contributed by atoms with van der Waals surface area (Å²) in [4.78, 5) is 19.2. The topological polar surface area (TPSA) is 65.5 Å². The lowest BCUT2D eigenvalue weighted by Crippen LogP contribution is -2.40. The van der Waals surface area contributed by atoms with Gasteiger partial charge in [0.1, 0.15) is 5.92 Å². The number of anilines is 1. The summed E-state index contributed by atoms with van der Waals surface area (Å²) in [6.45, 7) is 10.6. The van der Waals surface area contributed by atoms with Gasteiger partial charge in [0.05, 0.1) is 5.69 Å². The molecule has 1 aromatic heterocycles. The Morgan fingerprint density at radius 1 is 1.43 bits per heavy atom. The third-order valence-electron chi connectivity index (χ3n) is 3.99. The number of aromatic nitrogens is 1. The number of carboxylic acids is 1. The fraction of sp³-hybridized carbons (Fsp3) is 0.733. The summed E-state index contributed by atoms with van der Waals surface area (Å²) in [6, 6.07) is 1.04. The number of fused-ring (bicyclic) bond motifs is 1. The Kier molecular flexibility index (Phi) is 5.22. The van der Waals surface area contributed by atoms with E-state index in [1.54, 1.807) is 11.3 Å². The number of thiazole rings is 1. The van der Waals surface area contributed by atoms with Crippen LogP contribution in [0.2, 0.25) is 0 Å². The molecule has 1 aliphatic rings. The lowest BCUT2D eigenvalue weighted by molar-refractivity contribution is -0.138. The predicted molar refractivity (Wildman–Crippen MR) is 86.3 cm³/mol. The van der Waals surface area contributed by atoms with Crippen molar-refractivity contribution < 1.29 is 9.90 Å². The highest BCUT2D eigenvalue weighted by Crippen LogP contribution is 2.38. The van der Waals surface area contributed by atoms with Crippen LogP contribution in [0.15, 0.2) is 0 Å². The van der Waals surface area contributed by atoms with Gasteiger partial charge in [-0.1, -0.05) is 0 Å². The summed E-state index contributed by atoms with van der Waals surface area (Å²) in [5, 5.41) is 13.4. The van der Waals surface area contributed by atoms with E-state index in [0.29, 0.717) is 18.5 Å². The molecule has 5 nitrogen and oxygen atoms in total. The Labute approximate surface area is 130 Å². The van der Waals surface area contributed by atoms with Crippen molar-refractivity contribution >= 4 is 22.4 Å². The molecule has 1 aromatic rings. The second kappa shape index (κ2) is 6.75. The zero-order chi connectivity index (χ0) is 15.6. The number of hydrogen-bond acceptors (Lipinski definition) is 5. The zero-order valence-electron chi connectivity index (χ0n) is 13.2. The van der Waals surface area contributed by atoms with Crippen molar-refractivity contribution in [2.24, 2.45) is 0 Å². The van der Waals surface area contributed by atoms with Crippen molar-refractivity contribution in [1.82, 2.24) is 9.88 Å². The Morgan fingerprint density at radius 2 is 2.10 bits per heavy atom. The number of nitrogens with zero attached hydrogens (tertiary/aromatic N) is 2. The third-order valence-corrected chi connectivity index (χ3v) is 5.08. The first kappa shape index (κ1) is 16.2. The van der Waals surface area contributed by atoms with Gasteiger partial charge in [-0.05, 0) is 40.5 Å². The smallest absolute Gasteiger partial charge is 0.312 e. The first-order valence-corrected chi connectivity index (χ1v) is 8.43. The van der Waals surface area contributed by atoms with Crippen molar-refractivity contribution in [2.75, 3.05) is 18.4 Å². The number of hydrogen-bond donors (Lipinski definition) is 2. The van der Waals surface area contributed by atoms with Gasteiger partial charge in [-0.25, -0.2) is 4.98 Å². The van der Waals surface area contributed by atoms with E-state index in [1.165, 1.54) is 0 Å². The Hall–Kier alpha value is -1.14. The number of carbonyl (C=O) groups is 1. The maximum absolute atomic E-state index is 11.2. The third kappa shape index (κ3) is 3.74. The first-order chi connectivity index (χ1) is 9.90. The molecule has 0 saturated heterocycles. The Balaban J connectivity index is 1.91. The lowest BCUT2D eigenvalue weighted by Gasteiger charge is -2.30. The van der Waals surface area contributed by atoms with Crippen LogP contribution in [0.25, 0.3) is 0 Å². The molecule has 1 aliphatic carbocycles. The zero-order valence-corrected chi connectivity index (χ0v) is 14.0. The molecule has 1 heterocycles. The van der Waals surface area contributed by atoms with Crippen molar-refractivity contribution in [2.45, 2.75) is 58.5 Å². The molecule has 118 valence electrons. The van der Waals surface area contributed by atoms with Crippen LogP contribution < -0.4 is 5.32 Å². The second-order valence-corrected chi connectivity index (χ2v) is 7.19. The van der Waals surface area contributed by atoms with E-state index in [9.17, 15) is 9.90 Å². The van der Waals surface area contributed by atoms with Crippen molar-refractivity contribution in [1.29, 1.82) is 0 Å². The van der Waals surface area contributed by atoms with Crippen molar-refractivity contribution in [3.8, 4) is 0 Å². The molecule has 0 aromatic carbocycles. The lowest BCUT2D eigenvalue weighted by atomic mass is 10.1. The molecule has 0 amide bonds. The average molecular weight is 311 g/mol. The number of aryl methyl sites for hydroxylation is 1. The highest BCUT2D eigenvalue weighted by Gasteiger charge is 2.32. The van der Waals surface area contributed by atoms with Gasteiger partial charge in [-0.2, -0.15) is 0 Å². The summed E-state index contributed by atoms with van der Waals surface area (Å²) >= 11 is 1.61. The van der Waals surface area contributed by atoms with E-state index in [1.807, 2.05) is 0 Å². The molecule has 0 radical (unpaired) electrons. The molecule has 1 unspecified atom stereocenters. The van der Waals surface area contributed by atoms with Crippen LogP contribution in [-0.4, -0.2) is 46.1 Å². The van der Waals surface area contributed by atoms with Gasteiger partial charge in [-0.3, -0.25) is 9.69 Å². The first-order valence-electron chi connectivity index (χ1n) is 7.62. The number of carboxylic acid groups (broad SMARTS) is 1. The predicted octanol–water partition coefficient (Wildman–Crippen LogP) is 2.79. The standard InChI is InChI=1S/C15H25N3O2S/c1-9(2)18(10(3)4)8-7-16-15-17-13-11(14(19)20)5-6-12(13)21-15/h9-11H,5-8H2,1-4H3,(H,16,17)(H,19,20). The second-order valence-electron chi connectivity index (χ2n) is 6.11. The number of nitrogens with one attached hydrogen (secondary N) is 1. The molecule has 0 bridgehead atoms. The molecule has 0 spiro atoms. The van der Waals surface area contributed by atoms with E-state index in [0.717, 1.165) is 35.2 Å². The maximum atomic E-state index is 11.2. The molecule has 6 heteroatoms. The van der Waals surface area contributed by atoms with Crippen molar-refractivity contribution in [3.63, 3.8) is 0 Å². The Morgan fingerprint density at radius 3 is 2.67 bits per heavy atom. The fourth-order valence-electron chi connectivity index (χ4n) is 2.95. The molecule has 21 heavy (non-hydrogen) atoms. The van der Waals surface area contributed by atoms with Crippen LogP contribution in [0.3, 0.4) is 0 Å². The minimum absolute atomic E-state index is 0.408. The molecule has 2 N–H and O–H groups in total. The minimum atomic E-state index is -0.753. The molecular formula is C15H25N3O2S. The monoisotopic (exact) mass is 311 g/mol. The highest BCUT2D eigenvalue weighted by atomic mass is 32.1. The van der Waals surface area contributed by atoms with Gasteiger partial charge in [0, 0.05) is 30.1 Å².